The fourth-order valence-corrected chi connectivity index (χ4v) is 5.02. The lowest BCUT2D eigenvalue weighted by atomic mass is 10.1. The van der Waals surface area contributed by atoms with Crippen LogP contribution in [0.2, 0.25) is 0 Å². The number of hydrogen-bond acceptors (Lipinski definition) is 5. The summed E-state index contributed by atoms with van der Waals surface area (Å²) in [6.45, 7) is 0.640. The van der Waals surface area contributed by atoms with Crippen LogP contribution in [-0.2, 0) is 6.42 Å². The van der Waals surface area contributed by atoms with Gasteiger partial charge in [-0.25, -0.2) is 0 Å². The molecule has 0 fully saturated rings. The molecule has 0 aliphatic rings. The molecule has 0 aliphatic carbocycles. The minimum absolute atomic E-state index is 0.0890. The van der Waals surface area contributed by atoms with Crippen LogP contribution in [0.15, 0.2) is 76.2 Å². The van der Waals surface area contributed by atoms with Gasteiger partial charge in [-0.2, -0.15) is 0 Å². The molecule has 5 nitrogen and oxygen atoms in total. The van der Waals surface area contributed by atoms with Crippen molar-refractivity contribution in [3.05, 3.63) is 91.5 Å². The molecule has 0 saturated heterocycles. The Labute approximate surface area is 194 Å². The maximum atomic E-state index is 12.7. The summed E-state index contributed by atoms with van der Waals surface area (Å²) in [6, 6.07) is 19.0. The van der Waals surface area contributed by atoms with Gasteiger partial charge in [0, 0.05) is 34.0 Å². The summed E-state index contributed by atoms with van der Waals surface area (Å²) in [7, 11) is 1.60. The molecule has 1 N–H and O–H groups in total. The van der Waals surface area contributed by atoms with Gasteiger partial charge in [-0.05, 0) is 55.0 Å². The maximum absolute atomic E-state index is 12.7. The molecule has 0 aliphatic heterocycles. The highest BCUT2D eigenvalue weighted by Crippen LogP contribution is 2.26. The van der Waals surface area contributed by atoms with E-state index >= 15 is 0 Å². The van der Waals surface area contributed by atoms with Crippen LogP contribution in [0.25, 0.3) is 16.9 Å². The van der Waals surface area contributed by atoms with Crippen LogP contribution < -0.4 is 14.9 Å². The molecule has 32 heavy (non-hydrogen) atoms. The Morgan fingerprint density at radius 3 is 2.72 bits per heavy atom. The Hall–Kier alpha value is -3.16. The van der Waals surface area contributed by atoms with Crippen molar-refractivity contribution in [1.82, 2.24) is 9.88 Å². The third-order valence-electron chi connectivity index (χ3n) is 5.14. The van der Waals surface area contributed by atoms with Crippen molar-refractivity contribution in [2.45, 2.75) is 19.3 Å². The van der Waals surface area contributed by atoms with Crippen molar-refractivity contribution >= 4 is 28.6 Å². The van der Waals surface area contributed by atoms with E-state index in [9.17, 15) is 9.59 Å². The zero-order valence-corrected chi connectivity index (χ0v) is 19.4. The van der Waals surface area contributed by atoms with Crippen molar-refractivity contribution in [1.29, 1.82) is 0 Å². The predicted octanol–water partition coefficient (Wildman–Crippen LogP) is 5.39. The molecule has 0 bridgehead atoms. The molecule has 2 heterocycles. The van der Waals surface area contributed by atoms with Gasteiger partial charge in [-0.3, -0.25) is 14.2 Å². The summed E-state index contributed by atoms with van der Waals surface area (Å²) in [6.07, 6.45) is 3.02. The number of carbonyl (C=O) groups excluding carboxylic acids is 1. The number of hydrogen-bond donors (Lipinski definition) is 1. The average molecular weight is 465 g/mol. The van der Waals surface area contributed by atoms with Crippen LogP contribution in [0.3, 0.4) is 0 Å². The van der Waals surface area contributed by atoms with Gasteiger partial charge >= 0.3 is 4.87 Å². The number of benzene rings is 2. The van der Waals surface area contributed by atoms with Gasteiger partial charge in [0.1, 0.15) is 5.75 Å². The normalized spacial score (nSPS) is 10.8. The molecule has 0 saturated carbocycles. The van der Waals surface area contributed by atoms with Gasteiger partial charge in [0.2, 0.25) is 0 Å². The van der Waals surface area contributed by atoms with Crippen LogP contribution in [-0.4, -0.2) is 24.1 Å². The fraction of sp³-hybridized carbons (Fsp3) is 0.200. The summed E-state index contributed by atoms with van der Waals surface area (Å²) >= 11 is 2.90. The Bertz CT molecular complexity index is 1240. The van der Waals surface area contributed by atoms with Crippen LogP contribution in [0, 0.1) is 0 Å². The van der Waals surface area contributed by atoms with Crippen molar-refractivity contribution in [3.63, 3.8) is 0 Å². The predicted molar refractivity (Wildman–Crippen MR) is 131 cm³/mol. The number of unbranched alkanes of at least 4 members (excludes halogenated alkanes) is 1. The SMILES string of the molecule is COc1cccc(-n2c(-c3cccc(C(=O)NCCCCc4cccs4)c3)csc2=O)c1. The Morgan fingerprint density at radius 2 is 1.91 bits per heavy atom. The second-order valence-corrected chi connectivity index (χ2v) is 9.15. The number of amides is 1. The standard InChI is InChI=1S/C25H24N2O3S2/c1-30-21-10-5-9-20(16-21)27-23(17-32-25(27)29)18-7-4-8-19(15-18)24(28)26-13-3-2-11-22-12-6-14-31-22/h4-10,12,14-17H,2-3,11,13H2,1H3,(H,26,28). The molecular formula is C25H24N2O3S2. The summed E-state index contributed by atoms with van der Waals surface area (Å²) in [4.78, 5) is 26.5. The number of nitrogens with one attached hydrogen (secondary N) is 1. The fourth-order valence-electron chi connectivity index (χ4n) is 3.50. The zero-order chi connectivity index (χ0) is 22.3. The molecule has 164 valence electrons. The molecule has 0 radical (unpaired) electrons. The number of rotatable bonds is 9. The first-order valence-electron chi connectivity index (χ1n) is 10.4. The van der Waals surface area contributed by atoms with Gasteiger partial charge in [-0.15, -0.1) is 11.3 Å². The molecule has 0 unspecified atom stereocenters. The molecule has 2 aromatic heterocycles. The van der Waals surface area contributed by atoms with Crippen LogP contribution >= 0.6 is 22.7 Å². The second-order valence-electron chi connectivity index (χ2n) is 7.30. The van der Waals surface area contributed by atoms with Crippen LogP contribution in [0.4, 0.5) is 0 Å². The third-order valence-corrected chi connectivity index (χ3v) is 6.80. The summed E-state index contributed by atoms with van der Waals surface area (Å²) in [5.41, 5.74) is 2.87. The first-order chi connectivity index (χ1) is 15.7. The molecular weight excluding hydrogens is 440 g/mol. The Balaban J connectivity index is 1.46. The van der Waals surface area contributed by atoms with E-state index in [0.29, 0.717) is 17.9 Å². The third kappa shape index (κ3) is 5.18. The van der Waals surface area contributed by atoms with E-state index in [0.717, 1.165) is 47.5 Å². The van der Waals surface area contributed by atoms with E-state index in [1.807, 2.05) is 47.8 Å². The number of ether oxygens (including phenoxy) is 1. The Morgan fingerprint density at radius 1 is 1.03 bits per heavy atom. The molecule has 0 atom stereocenters. The number of nitrogens with zero attached hydrogens (tertiary/aromatic N) is 1. The van der Waals surface area contributed by atoms with Gasteiger partial charge in [0.25, 0.3) is 5.91 Å². The molecule has 4 rings (SSSR count). The van der Waals surface area contributed by atoms with E-state index in [-0.39, 0.29) is 10.8 Å². The highest BCUT2D eigenvalue weighted by molar-refractivity contribution is 7.09. The summed E-state index contributed by atoms with van der Waals surface area (Å²) < 4.78 is 6.95. The highest BCUT2D eigenvalue weighted by atomic mass is 32.1. The maximum Gasteiger partial charge on any atom is 0.312 e. The molecule has 7 heteroatoms. The van der Waals surface area contributed by atoms with E-state index in [4.69, 9.17) is 4.74 Å². The molecule has 1 amide bonds. The minimum Gasteiger partial charge on any atom is -0.497 e. The second kappa shape index (κ2) is 10.4. The van der Waals surface area contributed by atoms with Gasteiger partial charge in [0.05, 0.1) is 18.5 Å². The quantitative estimate of drug-likeness (QED) is 0.338. The monoisotopic (exact) mass is 464 g/mol. The van der Waals surface area contributed by atoms with Crippen molar-refractivity contribution in [3.8, 4) is 22.7 Å². The number of carbonyl (C=O) groups is 1. The number of thiophene rings is 1. The van der Waals surface area contributed by atoms with Crippen molar-refractivity contribution in [2.75, 3.05) is 13.7 Å². The Kier molecular flexibility index (Phi) is 7.19. The lowest BCUT2D eigenvalue weighted by Gasteiger charge is -2.11. The molecule has 2 aromatic carbocycles. The number of thiazole rings is 1. The molecule has 0 spiro atoms. The topological polar surface area (TPSA) is 60.3 Å². The number of methoxy groups -OCH3 is 1. The zero-order valence-electron chi connectivity index (χ0n) is 17.7. The highest BCUT2D eigenvalue weighted by Gasteiger charge is 2.14. The lowest BCUT2D eigenvalue weighted by Crippen LogP contribution is -2.24. The first kappa shape index (κ1) is 22.0. The van der Waals surface area contributed by atoms with E-state index in [1.54, 1.807) is 29.1 Å². The van der Waals surface area contributed by atoms with Gasteiger partial charge < -0.3 is 10.1 Å². The van der Waals surface area contributed by atoms with Crippen molar-refractivity contribution in [2.24, 2.45) is 0 Å². The number of aryl methyl sites for hydroxylation is 1. The summed E-state index contributed by atoms with van der Waals surface area (Å²) in [5, 5.41) is 6.92. The van der Waals surface area contributed by atoms with E-state index < -0.39 is 0 Å². The summed E-state index contributed by atoms with van der Waals surface area (Å²) in [5.74, 6) is 0.576. The van der Waals surface area contributed by atoms with Crippen LogP contribution in [0.1, 0.15) is 28.1 Å². The average Bonchev–Trinajstić information content (AvgIpc) is 3.48. The van der Waals surface area contributed by atoms with Crippen molar-refractivity contribution < 1.29 is 9.53 Å². The van der Waals surface area contributed by atoms with E-state index in [2.05, 4.69) is 22.8 Å². The smallest absolute Gasteiger partial charge is 0.312 e. The largest absolute Gasteiger partial charge is 0.497 e. The number of aromatic nitrogens is 1. The van der Waals surface area contributed by atoms with Crippen LogP contribution in [0.5, 0.6) is 5.75 Å². The van der Waals surface area contributed by atoms with Gasteiger partial charge in [0.15, 0.2) is 0 Å². The van der Waals surface area contributed by atoms with Gasteiger partial charge in [-0.1, -0.05) is 35.6 Å². The lowest BCUT2D eigenvalue weighted by molar-refractivity contribution is 0.0953. The molecule has 4 aromatic rings. The van der Waals surface area contributed by atoms with E-state index in [1.165, 1.54) is 4.88 Å². The minimum atomic E-state index is -0.103. The first-order valence-corrected chi connectivity index (χ1v) is 12.2.